The van der Waals surface area contributed by atoms with Gasteiger partial charge in [-0.2, -0.15) is 0 Å². The maximum absolute atomic E-state index is 13.4. The number of nitro groups is 1. The van der Waals surface area contributed by atoms with Crippen molar-refractivity contribution in [3.63, 3.8) is 0 Å². The summed E-state index contributed by atoms with van der Waals surface area (Å²) in [5.41, 5.74) is 0.653. The van der Waals surface area contributed by atoms with Crippen LogP contribution in [0.5, 0.6) is 11.5 Å². The lowest BCUT2D eigenvalue weighted by atomic mass is 10.0. The van der Waals surface area contributed by atoms with Gasteiger partial charge in [-0.05, 0) is 43.5 Å². The van der Waals surface area contributed by atoms with Gasteiger partial charge in [0.25, 0.3) is 11.6 Å². The predicted molar refractivity (Wildman–Crippen MR) is 114 cm³/mol. The van der Waals surface area contributed by atoms with Gasteiger partial charge in [0, 0.05) is 30.7 Å². The largest absolute Gasteiger partial charge is 0.490 e. The Morgan fingerprint density at radius 3 is 2.59 bits per heavy atom. The summed E-state index contributed by atoms with van der Waals surface area (Å²) in [4.78, 5) is 38.0. The lowest BCUT2D eigenvalue weighted by Crippen LogP contribution is -2.30. The quantitative estimate of drug-likeness (QED) is 0.394. The smallest absolute Gasteiger partial charge is 0.338 e. The first kappa shape index (κ1) is 21.6. The third-order valence-corrected chi connectivity index (χ3v) is 5.56. The number of esters is 1. The molecule has 1 atom stereocenters. The van der Waals surface area contributed by atoms with E-state index in [2.05, 4.69) is 0 Å². The average Bonchev–Trinajstić information content (AvgIpc) is 3.16. The van der Waals surface area contributed by atoms with Crippen LogP contribution in [0, 0.1) is 10.1 Å². The van der Waals surface area contributed by atoms with Crippen molar-refractivity contribution in [2.24, 2.45) is 0 Å². The number of hydrogen-bond acceptors (Lipinski definition) is 7. The molecule has 2 aliphatic rings. The lowest BCUT2D eigenvalue weighted by Gasteiger charge is -2.26. The number of benzene rings is 2. The van der Waals surface area contributed by atoms with Crippen LogP contribution in [0.2, 0.25) is 0 Å². The van der Waals surface area contributed by atoms with Crippen LogP contribution in [-0.2, 0) is 4.74 Å². The van der Waals surface area contributed by atoms with Crippen molar-refractivity contribution in [2.75, 3.05) is 26.4 Å². The molecule has 0 unspecified atom stereocenters. The van der Waals surface area contributed by atoms with Gasteiger partial charge >= 0.3 is 5.97 Å². The number of ether oxygens (including phenoxy) is 3. The Morgan fingerprint density at radius 1 is 1.09 bits per heavy atom. The first-order valence-electron chi connectivity index (χ1n) is 10.6. The van der Waals surface area contributed by atoms with Crippen LogP contribution >= 0.6 is 0 Å². The number of nitrogens with zero attached hydrogens (tertiary/aromatic N) is 2. The van der Waals surface area contributed by atoms with Gasteiger partial charge in [0.2, 0.25) is 0 Å². The first-order valence-corrected chi connectivity index (χ1v) is 10.6. The van der Waals surface area contributed by atoms with Crippen molar-refractivity contribution >= 4 is 17.6 Å². The standard InChI is InChI=1S/C23H24N2O7/c1-2-30-23(27)17-11-16(12-18(13-17)25(28)29)22(26)24-8-3-5-19(24)15-6-7-20-21(14-15)32-10-4-9-31-20/h6-7,11-14,19H,2-5,8-10H2,1H3/t19-/m0/s1. The lowest BCUT2D eigenvalue weighted by molar-refractivity contribution is -0.384. The average molecular weight is 440 g/mol. The molecule has 0 spiro atoms. The molecule has 2 heterocycles. The van der Waals surface area contributed by atoms with Crippen molar-refractivity contribution < 1.29 is 28.7 Å². The van der Waals surface area contributed by atoms with Crippen LogP contribution < -0.4 is 9.47 Å². The highest BCUT2D eigenvalue weighted by Crippen LogP contribution is 2.38. The Kier molecular flexibility index (Phi) is 6.25. The minimum absolute atomic E-state index is 0.0178. The molecule has 2 aliphatic heterocycles. The Labute approximate surface area is 185 Å². The number of nitro benzene ring substituents is 1. The number of likely N-dealkylation sites (tertiary alicyclic amines) is 1. The molecule has 0 bridgehead atoms. The molecule has 9 heteroatoms. The zero-order valence-corrected chi connectivity index (χ0v) is 17.7. The van der Waals surface area contributed by atoms with E-state index in [9.17, 15) is 19.7 Å². The monoisotopic (exact) mass is 440 g/mol. The predicted octanol–water partition coefficient (Wildman–Crippen LogP) is 3.91. The Balaban J connectivity index is 1.64. The van der Waals surface area contributed by atoms with E-state index in [1.165, 1.54) is 12.1 Å². The molecule has 0 aromatic heterocycles. The molecule has 1 amide bonds. The summed E-state index contributed by atoms with van der Waals surface area (Å²) >= 11 is 0. The highest BCUT2D eigenvalue weighted by molar-refractivity contribution is 5.99. The maximum atomic E-state index is 13.4. The second kappa shape index (κ2) is 9.25. The van der Waals surface area contributed by atoms with Crippen molar-refractivity contribution in [1.82, 2.24) is 4.90 Å². The summed E-state index contributed by atoms with van der Waals surface area (Å²) in [5.74, 6) is 0.263. The molecular formula is C23H24N2O7. The number of hydrogen-bond donors (Lipinski definition) is 0. The van der Waals surface area contributed by atoms with Crippen molar-refractivity contribution in [1.29, 1.82) is 0 Å². The van der Waals surface area contributed by atoms with Gasteiger partial charge in [0.1, 0.15) is 0 Å². The first-order chi connectivity index (χ1) is 15.5. The van der Waals surface area contributed by atoms with Crippen molar-refractivity contribution in [2.45, 2.75) is 32.2 Å². The van der Waals surface area contributed by atoms with Crippen LogP contribution in [0.25, 0.3) is 0 Å². The summed E-state index contributed by atoms with van der Waals surface area (Å²) in [6.07, 6.45) is 2.35. The van der Waals surface area contributed by atoms with Gasteiger partial charge in [-0.1, -0.05) is 6.07 Å². The Bertz CT molecular complexity index is 1050. The van der Waals surface area contributed by atoms with Gasteiger partial charge in [0.15, 0.2) is 11.5 Å². The molecule has 2 aromatic rings. The summed E-state index contributed by atoms with van der Waals surface area (Å²) in [6, 6.07) is 9.15. The van der Waals surface area contributed by atoms with E-state index >= 15 is 0 Å². The molecule has 2 aromatic carbocycles. The fourth-order valence-electron chi connectivity index (χ4n) is 4.08. The minimum atomic E-state index is -0.703. The van der Waals surface area contributed by atoms with Gasteiger partial charge in [-0.3, -0.25) is 14.9 Å². The second-order valence-electron chi connectivity index (χ2n) is 7.66. The molecular weight excluding hydrogens is 416 g/mol. The molecule has 0 radical (unpaired) electrons. The van der Waals surface area contributed by atoms with Gasteiger partial charge in [0.05, 0.1) is 36.3 Å². The molecule has 32 heavy (non-hydrogen) atoms. The third kappa shape index (κ3) is 4.37. The fourth-order valence-corrected chi connectivity index (χ4v) is 4.08. The van der Waals surface area contributed by atoms with E-state index in [1.807, 2.05) is 18.2 Å². The minimum Gasteiger partial charge on any atom is -0.490 e. The molecule has 0 saturated carbocycles. The van der Waals surface area contributed by atoms with Crippen LogP contribution in [0.1, 0.15) is 58.5 Å². The molecule has 4 rings (SSSR count). The number of amides is 1. The van der Waals surface area contributed by atoms with Gasteiger partial charge in [-0.15, -0.1) is 0 Å². The number of fused-ring (bicyclic) bond motifs is 1. The summed E-state index contributed by atoms with van der Waals surface area (Å²) in [6.45, 7) is 3.44. The zero-order chi connectivity index (χ0) is 22.7. The van der Waals surface area contributed by atoms with E-state index in [1.54, 1.807) is 11.8 Å². The highest BCUT2D eigenvalue weighted by atomic mass is 16.6. The van der Waals surface area contributed by atoms with E-state index < -0.39 is 10.9 Å². The summed E-state index contributed by atoms with van der Waals surface area (Å²) < 4.78 is 16.4. The van der Waals surface area contributed by atoms with E-state index in [-0.39, 0.29) is 35.4 Å². The zero-order valence-electron chi connectivity index (χ0n) is 17.7. The molecule has 168 valence electrons. The van der Waals surface area contributed by atoms with Crippen LogP contribution in [-0.4, -0.2) is 48.1 Å². The topological polar surface area (TPSA) is 108 Å². The van der Waals surface area contributed by atoms with E-state index in [0.29, 0.717) is 31.3 Å². The number of carbonyl (C=O) groups excluding carboxylic acids is 2. The molecule has 9 nitrogen and oxygen atoms in total. The number of non-ortho nitro benzene ring substituents is 1. The van der Waals surface area contributed by atoms with E-state index in [0.717, 1.165) is 30.9 Å². The number of rotatable bonds is 5. The van der Waals surface area contributed by atoms with Crippen LogP contribution in [0.15, 0.2) is 36.4 Å². The molecule has 1 saturated heterocycles. The van der Waals surface area contributed by atoms with Crippen LogP contribution in [0.4, 0.5) is 5.69 Å². The van der Waals surface area contributed by atoms with Gasteiger partial charge in [-0.25, -0.2) is 4.79 Å². The third-order valence-electron chi connectivity index (χ3n) is 5.56. The molecule has 0 N–H and O–H groups in total. The Hall–Kier alpha value is -3.62. The maximum Gasteiger partial charge on any atom is 0.338 e. The Morgan fingerprint density at radius 2 is 1.84 bits per heavy atom. The van der Waals surface area contributed by atoms with Crippen LogP contribution in [0.3, 0.4) is 0 Å². The SMILES string of the molecule is CCOC(=O)c1cc(C(=O)N2CCC[C@H]2c2ccc3c(c2)OCCCO3)cc([N+](=O)[O-])c1. The van der Waals surface area contributed by atoms with Crippen molar-refractivity contribution in [3.8, 4) is 11.5 Å². The molecule has 1 fully saturated rings. The molecule has 0 aliphatic carbocycles. The van der Waals surface area contributed by atoms with Crippen molar-refractivity contribution in [3.05, 3.63) is 63.2 Å². The summed E-state index contributed by atoms with van der Waals surface area (Å²) in [7, 11) is 0. The second-order valence-corrected chi connectivity index (χ2v) is 7.66. The fraction of sp³-hybridized carbons (Fsp3) is 0.391. The highest BCUT2D eigenvalue weighted by Gasteiger charge is 2.32. The van der Waals surface area contributed by atoms with E-state index in [4.69, 9.17) is 14.2 Å². The number of carbonyl (C=O) groups is 2. The summed E-state index contributed by atoms with van der Waals surface area (Å²) in [5, 5.41) is 11.4. The normalized spacial score (nSPS) is 17.5. The van der Waals surface area contributed by atoms with Gasteiger partial charge < -0.3 is 19.1 Å².